The number of hydrogen-bond donors (Lipinski definition) is 1. The van der Waals surface area contributed by atoms with Crippen molar-refractivity contribution in [3.8, 4) is 0 Å². The van der Waals surface area contributed by atoms with Crippen molar-refractivity contribution in [1.82, 2.24) is 15.4 Å². The fourth-order valence-electron chi connectivity index (χ4n) is 2.12. The van der Waals surface area contributed by atoms with Crippen molar-refractivity contribution in [2.75, 3.05) is 13.6 Å². The predicted octanol–water partition coefficient (Wildman–Crippen LogP) is 1.08. The van der Waals surface area contributed by atoms with E-state index in [2.05, 4.69) is 10.5 Å². The maximum absolute atomic E-state index is 11.9. The third kappa shape index (κ3) is 3.30. The van der Waals surface area contributed by atoms with E-state index >= 15 is 0 Å². The highest BCUT2D eigenvalue weighted by Crippen LogP contribution is 2.11. The molecule has 1 fully saturated rings. The second kappa shape index (κ2) is 5.31. The standard InChI is InChI=1S/C12H19N3O2/c1-9-6-11(14-17-9)8-15(2)12(16)7-10-4-3-5-13-10/h6,10,13H,3-5,7-8H2,1-2H3. The van der Waals surface area contributed by atoms with Gasteiger partial charge in [0.2, 0.25) is 5.91 Å². The van der Waals surface area contributed by atoms with E-state index in [0.717, 1.165) is 24.4 Å². The third-order valence-corrected chi connectivity index (χ3v) is 3.09. The SMILES string of the molecule is Cc1cc(CN(C)C(=O)CC2CCCN2)no1. The molecule has 0 radical (unpaired) electrons. The van der Waals surface area contributed by atoms with Crippen molar-refractivity contribution in [3.63, 3.8) is 0 Å². The Hall–Kier alpha value is -1.36. The molecule has 0 aromatic carbocycles. The van der Waals surface area contributed by atoms with E-state index in [4.69, 9.17) is 4.52 Å². The second-order valence-electron chi connectivity index (χ2n) is 4.68. The number of hydrogen-bond acceptors (Lipinski definition) is 4. The molecule has 5 heteroatoms. The number of carbonyl (C=O) groups is 1. The molecule has 2 rings (SSSR count). The second-order valence-corrected chi connectivity index (χ2v) is 4.68. The lowest BCUT2D eigenvalue weighted by atomic mass is 10.1. The molecule has 1 aliphatic rings. The van der Waals surface area contributed by atoms with Gasteiger partial charge in [-0.05, 0) is 26.3 Å². The van der Waals surface area contributed by atoms with Gasteiger partial charge in [0.25, 0.3) is 0 Å². The molecule has 1 aromatic heterocycles. The van der Waals surface area contributed by atoms with Gasteiger partial charge in [0.15, 0.2) is 0 Å². The summed E-state index contributed by atoms with van der Waals surface area (Å²) in [5.41, 5.74) is 0.803. The summed E-state index contributed by atoms with van der Waals surface area (Å²) < 4.78 is 4.98. The molecule has 1 aromatic rings. The van der Waals surface area contributed by atoms with E-state index in [1.54, 1.807) is 11.9 Å². The van der Waals surface area contributed by atoms with Crippen LogP contribution in [0.1, 0.15) is 30.7 Å². The van der Waals surface area contributed by atoms with Gasteiger partial charge in [-0.15, -0.1) is 0 Å². The van der Waals surface area contributed by atoms with Crippen LogP contribution < -0.4 is 5.32 Å². The van der Waals surface area contributed by atoms with Gasteiger partial charge >= 0.3 is 0 Å². The molecule has 1 aliphatic heterocycles. The zero-order chi connectivity index (χ0) is 12.3. The fourth-order valence-corrected chi connectivity index (χ4v) is 2.12. The predicted molar refractivity (Wildman–Crippen MR) is 63.4 cm³/mol. The lowest BCUT2D eigenvalue weighted by Gasteiger charge is -2.18. The van der Waals surface area contributed by atoms with Crippen LogP contribution in [0.3, 0.4) is 0 Å². The van der Waals surface area contributed by atoms with Crippen LogP contribution in [0.5, 0.6) is 0 Å². The van der Waals surface area contributed by atoms with E-state index in [0.29, 0.717) is 19.0 Å². The highest BCUT2D eigenvalue weighted by Gasteiger charge is 2.20. The van der Waals surface area contributed by atoms with E-state index in [1.807, 2.05) is 13.0 Å². The van der Waals surface area contributed by atoms with E-state index in [1.165, 1.54) is 6.42 Å². The van der Waals surface area contributed by atoms with Crippen LogP contribution in [0.4, 0.5) is 0 Å². The molecule has 1 atom stereocenters. The highest BCUT2D eigenvalue weighted by atomic mass is 16.5. The molecule has 2 heterocycles. The molecular formula is C12H19N3O2. The van der Waals surface area contributed by atoms with Gasteiger partial charge in [-0.25, -0.2) is 0 Å². The van der Waals surface area contributed by atoms with E-state index in [9.17, 15) is 4.79 Å². The van der Waals surface area contributed by atoms with Crippen LogP contribution in [0.15, 0.2) is 10.6 Å². The maximum atomic E-state index is 11.9. The van der Waals surface area contributed by atoms with Crippen molar-refractivity contribution in [2.24, 2.45) is 0 Å². The van der Waals surface area contributed by atoms with Crippen LogP contribution in [0.2, 0.25) is 0 Å². The Kier molecular flexibility index (Phi) is 3.78. The Labute approximate surface area is 101 Å². The Morgan fingerprint density at radius 3 is 3.12 bits per heavy atom. The van der Waals surface area contributed by atoms with Gasteiger partial charge in [-0.2, -0.15) is 0 Å². The quantitative estimate of drug-likeness (QED) is 0.851. The summed E-state index contributed by atoms with van der Waals surface area (Å²) in [6, 6.07) is 2.21. The van der Waals surface area contributed by atoms with Gasteiger partial charge in [-0.1, -0.05) is 5.16 Å². The van der Waals surface area contributed by atoms with Crippen LogP contribution in [0.25, 0.3) is 0 Å². The lowest BCUT2D eigenvalue weighted by Crippen LogP contribution is -2.33. The van der Waals surface area contributed by atoms with Crippen LogP contribution in [-0.4, -0.2) is 35.6 Å². The molecule has 94 valence electrons. The topological polar surface area (TPSA) is 58.4 Å². The molecule has 1 saturated heterocycles. The molecule has 1 unspecified atom stereocenters. The lowest BCUT2D eigenvalue weighted by molar-refractivity contribution is -0.130. The monoisotopic (exact) mass is 237 g/mol. The summed E-state index contributed by atoms with van der Waals surface area (Å²) in [6.07, 6.45) is 2.85. The van der Waals surface area contributed by atoms with Crippen molar-refractivity contribution >= 4 is 5.91 Å². The summed E-state index contributed by atoms with van der Waals surface area (Å²) in [6.45, 7) is 3.40. The number of nitrogens with zero attached hydrogens (tertiary/aromatic N) is 2. The Morgan fingerprint density at radius 2 is 2.53 bits per heavy atom. The van der Waals surface area contributed by atoms with Gasteiger partial charge in [0.05, 0.1) is 6.54 Å². The van der Waals surface area contributed by atoms with Crippen LogP contribution >= 0.6 is 0 Å². The molecule has 5 nitrogen and oxygen atoms in total. The summed E-state index contributed by atoms with van der Waals surface area (Å²) >= 11 is 0. The van der Waals surface area contributed by atoms with E-state index in [-0.39, 0.29) is 5.91 Å². The molecule has 1 amide bonds. The zero-order valence-electron chi connectivity index (χ0n) is 10.4. The first-order valence-corrected chi connectivity index (χ1v) is 6.04. The molecule has 1 N–H and O–H groups in total. The fraction of sp³-hybridized carbons (Fsp3) is 0.667. The van der Waals surface area contributed by atoms with Crippen molar-refractivity contribution in [2.45, 2.75) is 38.8 Å². The number of nitrogens with one attached hydrogen (secondary N) is 1. The third-order valence-electron chi connectivity index (χ3n) is 3.09. The molecule has 0 spiro atoms. The number of aryl methyl sites for hydroxylation is 1. The van der Waals surface area contributed by atoms with Crippen molar-refractivity contribution in [3.05, 3.63) is 17.5 Å². The first kappa shape index (κ1) is 12.1. The first-order valence-electron chi connectivity index (χ1n) is 6.04. The molecule has 0 aliphatic carbocycles. The van der Waals surface area contributed by atoms with Gasteiger partial charge in [0.1, 0.15) is 11.5 Å². The largest absolute Gasteiger partial charge is 0.361 e. The Morgan fingerprint density at radius 1 is 1.71 bits per heavy atom. The average molecular weight is 237 g/mol. The minimum atomic E-state index is 0.157. The van der Waals surface area contributed by atoms with Crippen molar-refractivity contribution in [1.29, 1.82) is 0 Å². The maximum Gasteiger partial charge on any atom is 0.224 e. The minimum Gasteiger partial charge on any atom is -0.361 e. The number of amides is 1. The first-order chi connectivity index (χ1) is 8.15. The Bertz CT molecular complexity index is 383. The molecular weight excluding hydrogens is 218 g/mol. The Balaban J connectivity index is 1.82. The highest BCUT2D eigenvalue weighted by molar-refractivity contribution is 5.76. The van der Waals surface area contributed by atoms with Gasteiger partial charge < -0.3 is 14.7 Å². The van der Waals surface area contributed by atoms with Crippen LogP contribution in [-0.2, 0) is 11.3 Å². The van der Waals surface area contributed by atoms with E-state index < -0.39 is 0 Å². The summed E-state index contributed by atoms with van der Waals surface area (Å²) in [5, 5.41) is 7.21. The zero-order valence-corrected chi connectivity index (χ0v) is 10.4. The molecule has 0 bridgehead atoms. The summed E-state index contributed by atoms with van der Waals surface area (Å²) in [4.78, 5) is 13.6. The minimum absolute atomic E-state index is 0.157. The smallest absolute Gasteiger partial charge is 0.224 e. The van der Waals surface area contributed by atoms with Gasteiger partial charge in [0, 0.05) is 25.6 Å². The summed E-state index contributed by atoms with van der Waals surface area (Å²) in [5.74, 6) is 0.934. The van der Waals surface area contributed by atoms with Crippen LogP contribution in [0, 0.1) is 6.92 Å². The van der Waals surface area contributed by atoms with Crippen molar-refractivity contribution < 1.29 is 9.32 Å². The number of aromatic nitrogens is 1. The number of carbonyl (C=O) groups excluding carboxylic acids is 1. The summed E-state index contributed by atoms with van der Waals surface area (Å²) in [7, 11) is 1.81. The average Bonchev–Trinajstić information content (AvgIpc) is 2.90. The number of rotatable bonds is 4. The normalized spacial score (nSPS) is 19.5. The molecule has 0 saturated carbocycles. The van der Waals surface area contributed by atoms with Gasteiger partial charge in [-0.3, -0.25) is 4.79 Å². The molecule has 17 heavy (non-hydrogen) atoms.